The molecular weight excluding hydrogens is 246 g/mol. The van der Waals surface area contributed by atoms with Gasteiger partial charge in [-0.05, 0) is 32.0 Å². The molecule has 0 spiro atoms. The van der Waals surface area contributed by atoms with Crippen molar-refractivity contribution in [2.75, 3.05) is 6.61 Å². The highest BCUT2D eigenvalue weighted by Gasteiger charge is 2.07. The van der Waals surface area contributed by atoms with Gasteiger partial charge in [-0.15, -0.1) is 0 Å². The Bertz CT molecular complexity index is 621. The second kappa shape index (κ2) is 6.79. The second-order valence-electron chi connectivity index (χ2n) is 4.79. The van der Waals surface area contributed by atoms with Gasteiger partial charge < -0.3 is 10.5 Å². The molecule has 0 aliphatic carbocycles. The molecule has 2 N–H and O–H groups in total. The molecule has 1 unspecified atom stereocenters. The average Bonchev–Trinajstić information content (AvgIpc) is 2.45. The average molecular weight is 265 g/mol. The quantitative estimate of drug-likeness (QED) is 0.863. The number of ether oxygens (including phenoxy) is 1. The summed E-state index contributed by atoms with van der Waals surface area (Å²) in [5.74, 6) is 6.90. The summed E-state index contributed by atoms with van der Waals surface area (Å²) < 4.78 is 5.72. The fourth-order valence-corrected chi connectivity index (χ4v) is 1.93. The van der Waals surface area contributed by atoms with E-state index in [1.54, 1.807) is 0 Å². The van der Waals surface area contributed by atoms with Gasteiger partial charge in [0.1, 0.15) is 12.4 Å². The minimum Gasteiger partial charge on any atom is -0.481 e. The smallest absolute Gasteiger partial charge is 0.149 e. The van der Waals surface area contributed by atoms with Crippen LogP contribution >= 0.6 is 0 Å². The molecule has 2 aromatic rings. The second-order valence-corrected chi connectivity index (χ2v) is 4.79. The van der Waals surface area contributed by atoms with Gasteiger partial charge >= 0.3 is 0 Å². The zero-order valence-corrected chi connectivity index (χ0v) is 11.9. The lowest BCUT2D eigenvalue weighted by molar-refractivity contribution is 0.364. The number of nitrogens with two attached hydrogens (primary N) is 1. The number of hydrogen-bond donors (Lipinski definition) is 1. The third kappa shape index (κ3) is 3.88. The summed E-state index contributed by atoms with van der Waals surface area (Å²) in [6.45, 7) is 4.36. The molecule has 20 heavy (non-hydrogen) atoms. The minimum absolute atomic E-state index is 0.0491. The predicted octanol–water partition coefficient (Wildman–Crippen LogP) is 3.45. The third-order valence-electron chi connectivity index (χ3n) is 2.96. The predicted molar refractivity (Wildman–Crippen MR) is 82.6 cm³/mol. The molecule has 0 aliphatic heterocycles. The normalized spacial score (nSPS) is 11.3. The van der Waals surface area contributed by atoms with Crippen molar-refractivity contribution in [2.24, 2.45) is 5.73 Å². The Kier molecular flexibility index (Phi) is 4.81. The van der Waals surface area contributed by atoms with E-state index >= 15 is 0 Å². The maximum absolute atomic E-state index is 5.96. The number of benzene rings is 2. The number of aryl methyl sites for hydroxylation is 1. The molecule has 1 atom stereocenters. The van der Waals surface area contributed by atoms with Crippen LogP contribution in [0.4, 0.5) is 0 Å². The first-order valence-corrected chi connectivity index (χ1v) is 6.69. The fourth-order valence-electron chi connectivity index (χ4n) is 1.93. The highest BCUT2D eigenvalue weighted by atomic mass is 16.5. The van der Waals surface area contributed by atoms with E-state index in [1.807, 2.05) is 56.3 Å². The number of hydrogen-bond acceptors (Lipinski definition) is 2. The van der Waals surface area contributed by atoms with E-state index in [-0.39, 0.29) is 6.04 Å². The molecule has 0 heterocycles. The number of rotatable bonds is 3. The summed E-state index contributed by atoms with van der Waals surface area (Å²) in [6.07, 6.45) is 0. The Labute approximate surface area is 120 Å². The maximum atomic E-state index is 5.96. The minimum atomic E-state index is -0.0491. The molecule has 0 aromatic heterocycles. The Hall–Kier alpha value is -2.24. The largest absolute Gasteiger partial charge is 0.481 e. The molecule has 0 bridgehead atoms. The zero-order valence-electron chi connectivity index (χ0n) is 11.9. The van der Waals surface area contributed by atoms with Crippen molar-refractivity contribution in [3.05, 3.63) is 65.2 Å². The van der Waals surface area contributed by atoms with Crippen LogP contribution in [-0.4, -0.2) is 6.61 Å². The molecule has 0 aliphatic rings. The van der Waals surface area contributed by atoms with Gasteiger partial charge in [0.15, 0.2) is 0 Å². The Morgan fingerprint density at radius 1 is 1.15 bits per heavy atom. The van der Waals surface area contributed by atoms with Crippen molar-refractivity contribution in [3.8, 4) is 17.6 Å². The molecule has 2 rings (SSSR count). The van der Waals surface area contributed by atoms with Gasteiger partial charge in [-0.25, -0.2) is 0 Å². The summed E-state index contributed by atoms with van der Waals surface area (Å²) in [5.41, 5.74) is 9.16. The summed E-state index contributed by atoms with van der Waals surface area (Å²) in [6, 6.07) is 15.9. The molecule has 2 nitrogen and oxygen atoms in total. The van der Waals surface area contributed by atoms with E-state index in [2.05, 4.69) is 17.9 Å². The Balaban J connectivity index is 2.03. The van der Waals surface area contributed by atoms with Crippen LogP contribution in [0.15, 0.2) is 48.5 Å². The lowest BCUT2D eigenvalue weighted by Crippen LogP contribution is -2.08. The van der Waals surface area contributed by atoms with E-state index in [4.69, 9.17) is 10.5 Å². The van der Waals surface area contributed by atoms with Crippen molar-refractivity contribution in [1.29, 1.82) is 0 Å². The molecule has 0 saturated heterocycles. The summed E-state index contributed by atoms with van der Waals surface area (Å²) >= 11 is 0. The molecule has 2 aromatic carbocycles. The van der Waals surface area contributed by atoms with Crippen molar-refractivity contribution in [2.45, 2.75) is 19.9 Å². The molecular formula is C18H19NO. The molecule has 2 heteroatoms. The van der Waals surface area contributed by atoms with Gasteiger partial charge in [-0.3, -0.25) is 0 Å². The van der Waals surface area contributed by atoms with Crippen LogP contribution in [0, 0.1) is 18.8 Å². The van der Waals surface area contributed by atoms with Crippen LogP contribution in [0.5, 0.6) is 5.75 Å². The van der Waals surface area contributed by atoms with E-state index in [0.717, 1.165) is 16.9 Å². The molecule has 0 radical (unpaired) electrons. The van der Waals surface area contributed by atoms with Crippen LogP contribution in [0.3, 0.4) is 0 Å². The Morgan fingerprint density at radius 3 is 2.60 bits per heavy atom. The van der Waals surface area contributed by atoms with Gasteiger partial charge in [0, 0.05) is 17.2 Å². The van der Waals surface area contributed by atoms with Crippen molar-refractivity contribution in [1.82, 2.24) is 0 Å². The third-order valence-corrected chi connectivity index (χ3v) is 2.96. The van der Waals surface area contributed by atoms with Gasteiger partial charge in [-0.2, -0.15) is 0 Å². The monoisotopic (exact) mass is 265 g/mol. The molecule has 0 fully saturated rings. The van der Waals surface area contributed by atoms with E-state index in [0.29, 0.717) is 6.61 Å². The van der Waals surface area contributed by atoms with Gasteiger partial charge in [0.25, 0.3) is 0 Å². The lowest BCUT2D eigenvalue weighted by atomic mass is 10.1. The fraction of sp³-hybridized carbons (Fsp3) is 0.222. The van der Waals surface area contributed by atoms with Gasteiger partial charge in [0.05, 0.1) is 0 Å². The zero-order chi connectivity index (χ0) is 14.4. The highest BCUT2D eigenvalue weighted by molar-refractivity contribution is 5.39. The van der Waals surface area contributed by atoms with Crippen molar-refractivity contribution >= 4 is 0 Å². The first kappa shape index (κ1) is 14.2. The highest BCUT2D eigenvalue weighted by Crippen LogP contribution is 2.24. The van der Waals surface area contributed by atoms with Crippen LogP contribution in [0.1, 0.15) is 29.7 Å². The van der Waals surface area contributed by atoms with Crippen LogP contribution in [0.2, 0.25) is 0 Å². The first-order chi connectivity index (χ1) is 9.66. The van der Waals surface area contributed by atoms with Gasteiger partial charge in [0.2, 0.25) is 0 Å². The maximum Gasteiger partial charge on any atom is 0.149 e. The van der Waals surface area contributed by atoms with Crippen LogP contribution < -0.4 is 10.5 Å². The van der Waals surface area contributed by atoms with E-state index in [1.165, 1.54) is 5.56 Å². The first-order valence-electron chi connectivity index (χ1n) is 6.69. The summed E-state index contributed by atoms with van der Waals surface area (Å²) in [5, 5.41) is 0. The van der Waals surface area contributed by atoms with Gasteiger partial charge in [-0.1, -0.05) is 47.7 Å². The van der Waals surface area contributed by atoms with E-state index < -0.39 is 0 Å². The molecule has 102 valence electrons. The van der Waals surface area contributed by atoms with Crippen molar-refractivity contribution < 1.29 is 4.74 Å². The van der Waals surface area contributed by atoms with Crippen LogP contribution in [-0.2, 0) is 0 Å². The van der Waals surface area contributed by atoms with Crippen molar-refractivity contribution in [3.63, 3.8) is 0 Å². The summed E-state index contributed by atoms with van der Waals surface area (Å²) in [7, 11) is 0. The molecule has 0 amide bonds. The lowest BCUT2D eigenvalue weighted by Gasteiger charge is -2.13. The topological polar surface area (TPSA) is 35.2 Å². The summed E-state index contributed by atoms with van der Waals surface area (Å²) in [4.78, 5) is 0. The standard InChI is InChI=1S/C18H19NO/c1-14-10-11-18(17(13-14)15(2)19)20-12-6-9-16-7-4-3-5-8-16/h3-5,7-8,10-11,13,15H,12,19H2,1-2H3. The molecule has 0 saturated carbocycles. The van der Waals surface area contributed by atoms with E-state index in [9.17, 15) is 0 Å². The Morgan fingerprint density at radius 2 is 1.90 bits per heavy atom. The SMILES string of the molecule is Cc1ccc(OCC#Cc2ccccc2)c(C(C)N)c1. The van der Waals surface area contributed by atoms with Crippen LogP contribution in [0.25, 0.3) is 0 Å².